The maximum Gasteiger partial charge on any atom is 0.312 e. The molecule has 1 saturated heterocycles. The fraction of sp³-hybridized carbons (Fsp3) is 0.381. The number of amides is 2. The lowest BCUT2D eigenvalue weighted by atomic mass is 10.1. The van der Waals surface area contributed by atoms with Crippen molar-refractivity contribution in [3.05, 3.63) is 47.9 Å². The molecular weight excluding hydrogens is 392 g/mol. The van der Waals surface area contributed by atoms with Crippen molar-refractivity contribution in [3.63, 3.8) is 0 Å². The van der Waals surface area contributed by atoms with E-state index in [-0.39, 0.29) is 32.2 Å². The highest BCUT2D eigenvalue weighted by molar-refractivity contribution is 5.88. The highest BCUT2D eigenvalue weighted by atomic mass is 16.7. The molecule has 0 radical (unpaired) electrons. The molecule has 2 aromatic rings. The van der Waals surface area contributed by atoms with Crippen molar-refractivity contribution in [2.75, 3.05) is 13.3 Å². The fourth-order valence-corrected chi connectivity index (χ4v) is 3.38. The normalized spacial score (nSPS) is 18.4. The number of likely N-dealkylation sites (tertiary alicyclic amines) is 1. The van der Waals surface area contributed by atoms with Gasteiger partial charge in [0.25, 0.3) is 5.91 Å². The van der Waals surface area contributed by atoms with Crippen LogP contribution in [0.5, 0.6) is 11.5 Å². The van der Waals surface area contributed by atoms with Crippen LogP contribution < -0.4 is 14.8 Å². The summed E-state index contributed by atoms with van der Waals surface area (Å²) in [7, 11) is 0. The smallest absolute Gasteiger partial charge is 0.312 e. The number of rotatable bonds is 7. The Bertz CT molecular complexity index is 941. The summed E-state index contributed by atoms with van der Waals surface area (Å²) in [6.45, 7) is 2.49. The quantitative estimate of drug-likeness (QED) is 0.686. The molecule has 0 bridgehead atoms. The lowest BCUT2D eigenvalue weighted by Gasteiger charge is -2.17. The molecule has 2 aliphatic heterocycles. The molecular formula is C21H22N2O7. The predicted molar refractivity (Wildman–Crippen MR) is 102 cm³/mol. The van der Waals surface area contributed by atoms with Gasteiger partial charge in [0.2, 0.25) is 12.7 Å². The number of hydrogen-bond acceptors (Lipinski definition) is 7. The van der Waals surface area contributed by atoms with Crippen LogP contribution in [-0.2, 0) is 32.2 Å². The summed E-state index contributed by atoms with van der Waals surface area (Å²) in [4.78, 5) is 38.4. The Labute approximate surface area is 172 Å². The van der Waals surface area contributed by atoms with Crippen molar-refractivity contribution >= 4 is 17.8 Å². The molecule has 1 aromatic carbocycles. The number of carbonyl (C=O) groups is 3. The Hall–Kier alpha value is -3.49. The largest absolute Gasteiger partial charge is 0.467 e. The first-order valence-electron chi connectivity index (χ1n) is 9.66. The number of nitrogens with one attached hydrogen (secondary N) is 1. The Kier molecular flexibility index (Phi) is 5.60. The number of nitrogens with zero attached hydrogens (tertiary/aromatic N) is 1. The minimum atomic E-state index is -0.972. The molecule has 9 nitrogen and oxygen atoms in total. The zero-order chi connectivity index (χ0) is 21.1. The van der Waals surface area contributed by atoms with Crippen molar-refractivity contribution < 1.29 is 33.0 Å². The molecule has 158 valence electrons. The molecule has 0 unspecified atom stereocenters. The molecule has 0 spiro atoms. The molecule has 1 fully saturated rings. The van der Waals surface area contributed by atoms with Crippen LogP contribution in [0.15, 0.2) is 41.0 Å². The zero-order valence-electron chi connectivity index (χ0n) is 16.5. The highest BCUT2D eigenvalue weighted by Crippen LogP contribution is 2.32. The fourth-order valence-electron chi connectivity index (χ4n) is 3.38. The predicted octanol–water partition coefficient (Wildman–Crippen LogP) is 1.60. The van der Waals surface area contributed by atoms with Crippen LogP contribution in [0.25, 0.3) is 0 Å². The number of fused-ring (bicyclic) bond motifs is 1. The van der Waals surface area contributed by atoms with Crippen LogP contribution in [0.3, 0.4) is 0 Å². The zero-order valence-corrected chi connectivity index (χ0v) is 16.5. The second-order valence-electron chi connectivity index (χ2n) is 7.24. The highest BCUT2D eigenvalue weighted by Gasteiger charge is 2.36. The van der Waals surface area contributed by atoms with Gasteiger partial charge in [-0.05, 0) is 36.8 Å². The van der Waals surface area contributed by atoms with E-state index in [2.05, 4.69) is 5.32 Å². The van der Waals surface area contributed by atoms with Crippen LogP contribution in [0.4, 0.5) is 0 Å². The van der Waals surface area contributed by atoms with E-state index in [4.69, 9.17) is 18.6 Å². The van der Waals surface area contributed by atoms with E-state index in [1.54, 1.807) is 29.2 Å². The lowest BCUT2D eigenvalue weighted by Crippen LogP contribution is -2.37. The molecule has 0 aliphatic carbocycles. The van der Waals surface area contributed by atoms with E-state index in [1.165, 1.54) is 13.2 Å². The first-order valence-corrected chi connectivity index (χ1v) is 9.66. The molecule has 1 aromatic heterocycles. The Morgan fingerprint density at radius 3 is 2.90 bits per heavy atom. The summed E-state index contributed by atoms with van der Waals surface area (Å²) in [5, 5.41) is 2.73. The minimum absolute atomic E-state index is 0.0606. The van der Waals surface area contributed by atoms with Gasteiger partial charge in [-0.15, -0.1) is 0 Å². The van der Waals surface area contributed by atoms with Crippen LogP contribution >= 0.6 is 0 Å². The summed E-state index contributed by atoms with van der Waals surface area (Å²) in [6.07, 6.45) is 0.622. The van der Waals surface area contributed by atoms with Gasteiger partial charge < -0.3 is 28.8 Å². The number of hydrogen-bond donors (Lipinski definition) is 1. The molecule has 2 atom stereocenters. The first-order chi connectivity index (χ1) is 14.5. The third-order valence-corrected chi connectivity index (χ3v) is 5.04. The molecule has 2 aliphatic rings. The van der Waals surface area contributed by atoms with E-state index in [0.29, 0.717) is 23.8 Å². The third-order valence-electron chi connectivity index (χ3n) is 5.04. The van der Waals surface area contributed by atoms with Gasteiger partial charge in [-0.3, -0.25) is 14.4 Å². The maximum absolute atomic E-state index is 12.4. The van der Waals surface area contributed by atoms with E-state index < -0.39 is 23.9 Å². The van der Waals surface area contributed by atoms with Crippen LogP contribution in [0.2, 0.25) is 0 Å². The molecule has 0 saturated carbocycles. The number of ether oxygens (including phenoxy) is 3. The second kappa shape index (κ2) is 8.48. The summed E-state index contributed by atoms with van der Waals surface area (Å²) < 4.78 is 21.1. The van der Waals surface area contributed by atoms with Crippen molar-refractivity contribution in [2.45, 2.75) is 32.5 Å². The van der Waals surface area contributed by atoms with E-state index in [9.17, 15) is 14.4 Å². The van der Waals surface area contributed by atoms with Crippen LogP contribution in [0, 0.1) is 5.92 Å². The Balaban J connectivity index is 1.24. The Morgan fingerprint density at radius 1 is 1.27 bits per heavy atom. The topological polar surface area (TPSA) is 107 Å². The molecule has 2 amide bonds. The van der Waals surface area contributed by atoms with Crippen LogP contribution in [-0.4, -0.2) is 42.1 Å². The van der Waals surface area contributed by atoms with Gasteiger partial charge in [-0.1, -0.05) is 6.07 Å². The summed E-state index contributed by atoms with van der Waals surface area (Å²) >= 11 is 0. The summed E-state index contributed by atoms with van der Waals surface area (Å²) in [5.74, 6) is 0.220. The number of furan rings is 1. The summed E-state index contributed by atoms with van der Waals surface area (Å²) in [5.41, 5.74) is 0.834. The SMILES string of the molecule is C[C@@H](OC(=O)[C@@H]1CC(=O)N(Cc2ccco2)C1)C(=O)NCc1ccc2c(c1)OCO2. The number of carbonyl (C=O) groups excluding carboxylic acids is 3. The van der Waals surface area contributed by atoms with E-state index in [1.807, 2.05) is 6.07 Å². The molecule has 3 heterocycles. The third kappa shape index (κ3) is 4.40. The molecule has 1 N–H and O–H groups in total. The van der Waals surface area contributed by atoms with Gasteiger partial charge >= 0.3 is 5.97 Å². The van der Waals surface area contributed by atoms with Crippen molar-refractivity contribution in [1.82, 2.24) is 10.2 Å². The van der Waals surface area contributed by atoms with E-state index >= 15 is 0 Å². The monoisotopic (exact) mass is 414 g/mol. The van der Waals surface area contributed by atoms with Gasteiger partial charge in [0.15, 0.2) is 17.6 Å². The average Bonchev–Trinajstić information content (AvgIpc) is 3.48. The van der Waals surface area contributed by atoms with E-state index in [0.717, 1.165) is 5.56 Å². The Morgan fingerprint density at radius 2 is 2.10 bits per heavy atom. The standard InChI is InChI=1S/C21H22N2O7/c1-13(20(25)22-9-14-4-5-17-18(7-14)29-12-28-17)30-21(26)15-8-19(24)23(10-15)11-16-3-2-6-27-16/h2-7,13,15H,8-12H2,1H3,(H,22,25)/t13-,15-/m1/s1. The van der Waals surface area contributed by atoms with Gasteiger partial charge in [-0.2, -0.15) is 0 Å². The van der Waals surface area contributed by atoms with Crippen molar-refractivity contribution in [2.24, 2.45) is 5.92 Å². The van der Waals surface area contributed by atoms with Gasteiger partial charge in [0, 0.05) is 19.5 Å². The van der Waals surface area contributed by atoms with Crippen LogP contribution in [0.1, 0.15) is 24.7 Å². The molecule has 9 heteroatoms. The number of benzene rings is 1. The van der Waals surface area contributed by atoms with Crippen molar-refractivity contribution in [1.29, 1.82) is 0 Å². The molecule has 30 heavy (non-hydrogen) atoms. The average molecular weight is 414 g/mol. The van der Waals surface area contributed by atoms with Gasteiger partial charge in [-0.25, -0.2) is 0 Å². The van der Waals surface area contributed by atoms with Gasteiger partial charge in [0.05, 0.1) is 18.7 Å². The second-order valence-corrected chi connectivity index (χ2v) is 7.24. The number of esters is 1. The summed E-state index contributed by atoms with van der Waals surface area (Å²) in [6, 6.07) is 8.90. The lowest BCUT2D eigenvalue weighted by molar-refractivity contribution is -0.158. The molecule has 4 rings (SSSR count). The minimum Gasteiger partial charge on any atom is -0.467 e. The first kappa shape index (κ1) is 19.8. The van der Waals surface area contributed by atoms with Gasteiger partial charge in [0.1, 0.15) is 5.76 Å². The maximum atomic E-state index is 12.4. The van der Waals surface area contributed by atoms with Crippen molar-refractivity contribution in [3.8, 4) is 11.5 Å².